The lowest BCUT2D eigenvalue weighted by atomic mass is 10.2. The standard InChI is InChI=1S/C22H14Cl4N6/c23-17-7-3-8-18(24)15(17)11-27-29-21-13-5-1-2-6-14(13)22(32-31-21)30-28-12-16-19(25)9-4-10-20(16)26/h1-12H,(H,29,31)(H,30,32)/b27-11-,28-12+. The van der Waals surface area contributed by atoms with Crippen molar-refractivity contribution in [3.63, 3.8) is 0 Å². The van der Waals surface area contributed by atoms with E-state index < -0.39 is 0 Å². The molecule has 0 atom stereocenters. The number of hydrazone groups is 2. The molecule has 32 heavy (non-hydrogen) atoms. The van der Waals surface area contributed by atoms with Crippen LogP contribution in [0.25, 0.3) is 10.8 Å². The summed E-state index contributed by atoms with van der Waals surface area (Å²) in [7, 11) is 0. The SMILES string of the molecule is Clc1cccc(Cl)c1/C=N\Nc1nnc(N/N=C/c2c(Cl)cccc2Cl)c2ccccc12. The molecule has 0 aliphatic rings. The Hall–Kier alpha value is -2.90. The van der Waals surface area contributed by atoms with Crippen molar-refractivity contribution >= 4 is 81.2 Å². The fourth-order valence-electron chi connectivity index (χ4n) is 2.85. The summed E-state index contributed by atoms with van der Waals surface area (Å²) < 4.78 is 0. The van der Waals surface area contributed by atoms with Crippen LogP contribution in [0, 0.1) is 0 Å². The molecule has 0 radical (unpaired) electrons. The maximum atomic E-state index is 6.17. The van der Waals surface area contributed by atoms with E-state index in [1.165, 1.54) is 12.4 Å². The Morgan fingerprint density at radius 2 is 0.938 bits per heavy atom. The largest absolute Gasteiger partial charge is 0.259 e. The monoisotopic (exact) mass is 502 g/mol. The summed E-state index contributed by atoms with van der Waals surface area (Å²) in [6.45, 7) is 0. The third kappa shape index (κ3) is 4.95. The first kappa shape index (κ1) is 22.3. The number of benzene rings is 3. The first-order chi connectivity index (χ1) is 15.5. The van der Waals surface area contributed by atoms with Crippen LogP contribution in [0.5, 0.6) is 0 Å². The molecule has 1 heterocycles. The molecule has 0 bridgehead atoms. The summed E-state index contributed by atoms with van der Waals surface area (Å²) in [6.07, 6.45) is 3.07. The van der Waals surface area contributed by atoms with Gasteiger partial charge < -0.3 is 0 Å². The summed E-state index contributed by atoms with van der Waals surface area (Å²) in [4.78, 5) is 0. The van der Waals surface area contributed by atoms with Crippen LogP contribution in [-0.4, -0.2) is 22.6 Å². The van der Waals surface area contributed by atoms with Crippen molar-refractivity contribution in [3.8, 4) is 0 Å². The Morgan fingerprint density at radius 1 is 0.562 bits per heavy atom. The topological polar surface area (TPSA) is 74.6 Å². The van der Waals surface area contributed by atoms with Crippen molar-refractivity contribution in [2.45, 2.75) is 0 Å². The van der Waals surface area contributed by atoms with Crippen LogP contribution in [0.1, 0.15) is 11.1 Å². The van der Waals surface area contributed by atoms with Gasteiger partial charge in [0.05, 0.1) is 32.5 Å². The predicted octanol–water partition coefficient (Wildman–Crippen LogP) is 7.14. The van der Waals surface area contributed by atoms with E-state index in [4.69, 9.17) is 46.4 Å². The van der Waals surface area contributed by atoms with E-state index >= 15 is 0 Å². The van der Waals surface area contributed by atoms with Gasteiger partial charge in [0.2, 0.25) is 0 Å². The van der Waals surface area contributed by atoms with Crippen molar-refractivity contribution in [2.75, 3.05) is 10.9 Å². The van der Waals surface area contributed by atoms with Gasteiger partial charge in [0.1, 0.15) is 0 Å². The summed E-state index contributed by atoms with van der Waals surface area (Å²) in [6, 6.07) is 18.0. The van der Waals surface area contributed by atoms with E-state index in [2.05, 4.69) is 31.3 Å². The molecule has 4 rings (SSSR count). The highest BCUT2D eigenvalue weighted by Crippen LogP contribution is 2.27. The maximum Gasteiger partial charge on any atom is 0.176 e. The van der Waals surface area contributed by atoms with Gasteiger partial charge in [-0.1, -0.05) is 82.8 Å². The van der Waals surface area contributed by atoms with Crippen LogP contribution < -0.4 is 10.9 Å². The van der Waals surface area contributed by atoms with E-state index in [0.717, 1.165) is 10.8 Å². The molecule has 0 saturated carbocycles. The van der Waals surface area contributed by atoms with Crippen molar-refractivity contribution in [1.82, 2.24) is 10.2 Å². The number of aromatic nitrogens is 2. The van der Waals surface area contributed by atoms with Crippen molar-refractivity contribution in [2.24, 2.45) is 10.2 Å². The summed E-state index contributed by atoms with van der Waals surface area (Å²) >= 11 is 24.7. The minimum atomic E-state index is 0.462. The van der Waals surface area contributed by atoms with Crippen LogP contribution in [0.3, 0.4) is 0 Å². The maximum absolute atomic E-state index is 6.17. The lowest BCUT2D eigenvalue weighted by Crippen LogP contribution is -2.02. The second kappa shape index (κ2) is 10.1. The lowest BCUT2D eigenvalue weighted by molar-refractivity contribution is 1.03. The molecule has 6 nitrogen and oxygen atoms in total. The number of hydrogen-bond acceptors (Lipinski definition) is 6. The first-order valence-corrected chi connectivity index (χ1v) is 10.8. The fourth-order valence-corrected chi connectivity index (χ4v) is 3.84. The number of anilines is 2. The van der Waals surface area contributed by atoms with E-state index in [9.17, 15) is 0 Å². The Kier molecular flexibility index (Phi) is 7.07. The lowest BCUT2D eigenvalue weighted by Gasteiger charge is -2.08. The summed E-state index contributed by atoms with van der Waals surface area (Å²) in [5.41, 5.74) is 6.99. The smallest absolute Gasteiger partial charge is 0.176 e. The average Bonchev–Trinajstić information content (AvgIpc) is 2.78. The predicted molar refractivity (Wildman–Crippen MR) is 135 cm³/mol. The Morgan fingerprint density at radius 3 is 1.31 bits per heavy atom. The second-order valence-corrected chi connectivity index (χ2v) is 8.08. The Balaban J connectivity index is 1.58. The number of fused-ring (bicyclic) bond motifs is 1. The Bertz CT molecular complexity index is 1200. The molecule has 0 fully saturated rings. The molecule has 0 amide bonds. The molecule has 3 aromatic carbocycles. The minimum absolute atomic E-state index is 0.462. The molecule has 2 N–H and O–H groups in total. The average molecular weight is 504 g/mol. The van der Waals surface area contributed by atoms with E-state index in [-0.39, 0.29) is 0 Å². The number of nitrogens with one attached hydrogen (secondary N) is 2. The molecular weight excluding hydrogens is 490 g/mol. The normalized spacial score (nSPS) is 11.5. The number of hydrogen-bond donors (Lipinski definition) is 2. The van der Waals surface area contributed by atoms with Crippen molar-refractivity contribution in [1.29, 1.82) is 0 Å². The van der Waals surface area contributed by atoms with Gasteiger partial charge in [0.15, 0.2) is 11.6 Å². The van der Waals surface area contributed by atoms with Gasteiger partial charge in [-0.3, -0.25) is 10.9 Å². The molecular formula is C22H14Cl4N6. The highest BCUT2D eigenvalue weighted by Gasteiger charge is 2.09. The van der Waals surface area contributed by atoms with Crippen LogP contribution in [0.15, 0.2) is 70.9 Å². The molecule has 10 heteroatoms. The minimum Gasteiger partial charge on any atom is -0.259 e. The van der Waals surface area contributed by atoms with Crippen LogP contribution in [0.2, 0.25) is 20.1 Å². The van der Waals surface area contributed by atoms with E-state index in [1.807, 2.05) is 24.3 Å². The third-order valence-corrected chi connectivity index (χ3v) is 5.73. The van der Waals surface area contributed by atoms with E-state index in [0.29, 0.717) is 42.9 Å². The zero-order valence-corrected chi connectivity index (χ0v) is 19.3. The van der Waals surface area contributed by atoms with Gasteiger partial charge in [0, 0.05) is 21.9 Å². The molecule has 0 aliphatic carbocycles. The van der Waals surface area contributed by atoms with Crippen LogP contribution in [-0.2, 0) is 0 Å². The fraction of sp³-hybridized carbons (Fsp3) is 0. The molecule has 1 aromatic heterocycles. The van der Waals surface area contributed by atoms with Gasteiger partial charge in [-0.25, -0.2) is 0 Å². The van der Waals surface area contributed by atoms with Gasteiger partial charge in [-0.05, 0) is 24.3 Å². The van der Waals surface area contributed by atoms with Gasteiger partial charge in [-0.15, -0.1) is 10.2 Å². The summed E-state index contributed by atoms with van der Waals surface area (Å²) in [5.74, 6) is 0.924. The molecule has 4 aromatic rings. The zero-order chi connectivity index (χ0) is 22.5. The van der Waals surface area contributed by atoms with Crippen LogP contribution >= 0.6 is 46.4 Å². The van der Waals surface area contributed by atoms with Gasteiger partial charge in [-0.2, -0.15) is 10.2 Å². The van der Waals surface area contributed by atoms with Crippen LogP contribution in [0.4, 0.5) is 11.6 Å². The van der Waals surface area contributed by atoms with E-state index in [1.54, 1.807) is 36.4 Å². The van der Waals surface area contributed by atoms with Gasteiger partial charge >= 0.3 is 0 Å². The molecule has 0 aliphatic heterocycles. The molecule has 0 unspecified atom stereocenters. The highest BCUT2D eigenvalue weighted by molar-refractivity contribution is 6.39. The Labute approximate surface area is 203 Å². The third-order valence-electron chi connectivity index (χ3n) is 4.41. The molecule has 0 spiro atoms. The number of rotatable bonds is 6. The molecule has 160 valence electrons. The highest BCUT2D eigenvalue weighted by atomic mass is 35.5. The quantitative estimate of drug-likeness (QED) is 0.216. The van der Waals surface area contributed by atoms with Crippen molar-refractivity contribution < 1.29 is 0 Å². The number of halogens is 4. The zero-order valence-electron chi connectivity index (χ0n) is 16.2. The number of nitrogens with zero attached hydrogens (tertiary/aromatic N) is 4. The van der Waals surface area contributed by atoms with Gasteiger partial charge in [0.25, 0.3) is 0 Å². The molecule has 0 saturated heterocycles. The summed E-state index contributed by atoms with van der Waals surface area (Å²) in [5, 5.41) is 20.4. The second-order valence-electron chi connectivity index (χ2n) is 6.45. The van der Waals surface area contributed by atoms with Crippen molar-refractivity contribution in [3.05, 3.63) is 91.9 Å². The first-order valence-electron chi connectivity index (χ1n) is 9.26.